The molecule has 0 fully saturated rings. The van der Waals surface area contributed by atoms with Crippen molar-refractivity contribution < 1.29 is 33.1 Å². The molecular formula is C40H49N6O7P. The minimum Gasteiger partial charge on any atom is -0.496 e. The zero-order valence-corrected chi connectivity index (χ0v) is 32.2. The summed E-state index contributed by atoms with van der Waals surface area (Å²) in [5.74, 6) is -0.189. The Morgan fingerprint density at radius 3 is 1.85 bits per heavy atom. The first-order valence-electron chi connectivity index (χ1n) is 17.9. The lowest BCUT2D eigenvalue weighted by atomic mass is 10.1. The molecule has 0 bridgehead atoms. The van der Waals surface area contributed by atoms with E-state index < -0.39 is 43.7 Å². The first-order valence-corrected chi connectivity index (χ1v) is 19.8. The summed E-state index contributed by atoms with van der Waals surface area (Å²) >= 11 is 0. The smallest absolute Gasteiger partial charge is 0.324 e. The molecule has 2 heterocycles. The second-order valence-electron chi connectivity index (χ2n) is 13.4. The van der Waals surface area contributed by atoms with Gasteiger partial charge in [0.25, 0.3) is 0 Å². The van der Waals surface area contributed by atoms with Gasteiger partial charge in [0.15, 0.2) is 0 Å². The molecule has 0 spiro atoms. The number of ether oxygens (including phenoxy) is 4. The van der Waals surface area contributed by atoms with Crippen molar-refractivity contribution in [1.82, 2.24) is 24.7 Å². The SMILES string of the molecule is COc1ccccc1-c1cn(CCOCP(=O)(N[C@@H](Cc2ccccc2)C(=O)OC(C)C)N[C@@H](Cc2ccccc2)C(=O)OC(C)C)c2ncnc(N)c12. The molecule has 2 aromatic heterocycles. The molecule has 0 aliphatic rings. The molecule has 2 atom stereocenters. The molecular weight excluding hydrogens is 707 g/mol. The van der Waals surface area contributed by atoms with Crippen molar-refractivity contribution in [2.45, 2.75) is 71.4 Å². The Hall–Kier alpha value is -5.07. The van der Waals surface area contributed by atoms with Crippen molar-refractivity contribution in [3.05, 3.63) is 109 Å². The van der Waals surface area contributed by atoms with Crippen LogP contribution in [0.3, 0.4) is 0 Å². The highest BCUT2D eigenvalue weighted by Gasteiger charge is 2.36. The molecule has 0 aliphatic carbocycles. The van der Waals surface area contributed by atoms with Gasteiger partial charge in [-0.3, -0.25) is 14.2 Å². The second-order valence-corrected chi connectivity index (χ2v) is 15.6. The number of rotatable bonds is 19. The Morgan fingerprint density at radius 1 is 0.778 bits per heavy atom. The number of aromatic nitrogens is 3. The van der Waals surface area contributed by atoms with E-state index in [-0.39, 0.29) is 25.8 Å². The van der Waals surface area contributed by atoms with Crippen LogP contribution >= 0.6 is 7.44 Å². The Bertz CT molecular complexity index is 1970. The van der Waals surface area contributed by atoms with Gasteiger partial charge < -0.3 is 29.2 Å². The van der Waals surface area contributed by atoms with Crippen LogP contribution in [0.2, 0.25) is 0 Å². The number of methoxy groups -OCH3 is 1. The highest BCUT2D eigenvalue weighted by Crippen LogP contribution is 2.40. The summed E-state index contributed by atoms with van der Waals surface area (Å²) in [6.45, 7) is 7.38. The number of benzene rings is 3. The molecule has 0 aliphatic heterocycles. The van der Waals surface area contributed by atoms with E-state index in [0.29, 0.717) is 29.1 Å². The van der Waals surface area contributed by atoms with Crippen molar-refractivity contribution in [1.29, 1.82) is 0 Å². The number of nitrogen functional groups attached to an aromatic ring is 1. The van der Waals surface area contributed by atoms with Crippen molar-refractivity contribution in [3.63, 3.8) is 0 Å². The molecule has 54 heavy (non-hydrogen) atoms. The van der Waals surface area contributed by atoms with E-state index in [9.17, 15) is 9.59 Å². The van der Waals surface area contributed by atoms with Gasteiger partial charge in [-0.25, -0.2) is 20.1 Å². The van der Waals surface area contributed by atoms with Gasteiger partial charge in [-0.05, 0) is 57.7 Å². The molecule has 0 amide bonds. The van der Waals surface area contributed by atoms with Crippen LogP contribution in [0, 0.1) is 0 Å². The van der Waals surface area contributed by atoms with Crippen LogP contribution in [-0.4, -0.2) is 70.8 Å². The number of hydrogen-bond donors (Lipinski definition) is 3. The van der Waals surface area contributed by atoms with Crippen LogP contribution in [0.25, 0.3) is 22.2 Å². The number of hydrogen-bond acceptors (Lipinski definition) is 10. The Morgan fingerprint density at radius 2 is 1.31 bits per heavy atom. The van der Waals surface area contributed by atoms with Gasteiger partial charge in [-0.1, -0.05) is 78.9 Å². The van der Waals surface area contributed by atoms with Crippen molar-refractivity contribution in [3.8, 4) is 16.9 Å². The van der Waals surface area contributed by atoms with E-state index in [1.165, 1.54) is 6.33 Å². The zero-order valence-electron chi connectivity index (χ0n) is 31.3. The minimum atomic E-state index is -3.93. The number of carbonyl (C=O) groups is 2. The molecule has 13 nitrogen and oxygen atoms in total. The second kappa shape index (κ2) is 18.8. The summed E-state index contributed by atoms with van der Waals surface area (Å²) in [7, 11) is -2.32. The molecule has 0 saturated heterocycles. The summed E-state index contributed by atoms with van der Waals surface area (Å²) in [5, 5.41) is 6.79. The van der Waals surface area contributed by atoms with Gasteiger partial charge in [0.2, 0.25) is 7.44 Å². The fourth-order valence-electron chi connectivity index (χ4n) is 6.05. The summed E-state index contributed by atoms with van der Waals surface area (Å²) in [4.78, 5) is 35.8. The van der Waals surface area contributed by atoms with Gasteiger partial charge >= 0.3 is 11.9 Å². The molecule has 286 valence electrons. The summed E-state index contributed by atoms with van der Waals surface area (Å²) in [6, 6.07) is 24.2. The highest BCUT2D eigenvalue weighted by molar-refractivity contribution is 7.59. The van der Waals surface area contributed by atoms with Gasteiger partial charge in [0.1, 0.15) is 42.0 Å². The number of esters is 2. The third kappa shape index (κ3) is 10.8. The Labute approximate surface area is 316 Å². The minimum absolute atomic E-state index is 0.0893. The van der Waals surface area contributed by atoms with Crippen LogP contribution < -0.4 is 20.6 Å². The Kier molecular flexibility index (Phi) is 14.0. The molecule has 5 aromatic rings. The van der Waals surface area contributed by atoms with Crippen LogP contribution in [0.4, 0.5) is 5.82 Å². The number of fused-ring (bicyclic) bond motifs is 1. The maximum absolute atomic E-state index is 15.1. The summed E-state index contributed by atoms with van der Waals surface area (Å²) < 4.78 is 40.0. The fourth-order valence-corrected chi connectivity index (χ4v) is 8.06. The molecule has 0 unspecified atom stereocenters. The van der Waals surface area contributed by atoms with Crippen LogP contribution in [-0.2, 0) is 47.8 Å². The lowest BCUT2D eigenvalue weighted by Gasteiger charge is -2.29. The number of nitrogens with one attached hydrogen (secondary N) is 2. The average molecular weight is 757 g/mol. The third-order valence-electron chi connectivity index (χ3n) is 8.40. The van der Waals surface area contributed by atoms with Crippen molar-refractivity contribution >= 4 is 36.2 Å². The molecule has 4 N–H and O–H groups in total. The standard InChI is InChI=1S/C40H49N6O7P/c1-27(2)52-39(47)33(22-29-14-8-6-9-15-29)44-54(49,45-34(40(48)53-28(3)4)23-30-16-10-7-11-17-30)26-51-21-20-46-24-32(31-18-12-13-19-35(31)50-5)36-37(41)42-25-43-38(36)46/h6-19,24-25,27-28,33-34H,20-23,26H2,1-5H3,(H2,41,42,43)(H2,44,45,49)/t33-,34-/m0/s1. The van der Waals surface area contributed by atoms with Gasteiger partial charge in [-0.2, -0.15) is 0 Å². The van der Waals surface area contributed by atoms with Crippen LogP contribution in [0.5, 0.6) is 5.75 Å². The summed E-state index contributed by atoms with van der Waals surface area (Å²) in [6.07, 6.45) is 2.47. The largest absolute Gasteiger partial charge is 0.496 e. The van der Waals surface area contributed by atoms with E-state index in [1.54, 1.807) is 34.8 Å². The maximum atomic E-state index is 15.1. The number of anilines is 1. The topological polar surface area (TPSA) is 169 Å². The monoisotopic (exact) mass is 756 g/mol. The van der Waals surface area contributed by atoms with Crippen molar-refractivity contribution in [2.75, 3.05) is 25.8 Å². The van der Waals surface area contributed by atoms with E-state index >= 15 is 4.57 Å². The fraction of sp³-hybridized carbons (Fsp3) is 0.350. The van der Waals surface area contributed by atoms with Gasteiger partial charge in [0.05, 0.1) is 31.3 Å². The zero-order chi connectivity index (χ0) is 38.7. The predicted octanol–water partition coefficient (Wildman–Crippen LogP) is 6.16. The summed E-state index contributed by atoms with van der Waals surface area (Å²) in [5.41, 5.74) is 10.2. The van der Waals surface area contributed by atoms with E-state index in [0.717, 1.165) is 22.3 Å². The lowest BCUT2D eigenvalue weighted by Crippen LogP contribution is -2.47. The molecule has 14 heteroatoms. The lowest BCUT2D eigenvalue weighted by molar-refractivity contribution is -0.150. The van der Waals surface area contributed by atoms with Crippen LogP contribution in [0.1, 0.15) is 38.8 Å². The molecule has 0 radical (unpaired) electrons. The number of para-hydroxylation sites is 1. The number of carbonyl (C=O) groups excluding carboxylic acids is 2. The van der Waals surface area contributed by atoms with E-state index in [1.807, 2.05) is 95.7 Å². The first-order chi connectivity index (χ1) is 26.0. The van der Waals surface area contributed by atoms with Gasteiger partial charge in [-0.15, -0.1) is 0 Å². The maximum Gasteiger partial charge on any atom is 0.324 e. The van der Waals surface area contributed by atoms with Crippen LogP contribution in [0.15, 0.2) is 97.5 Å². The van der Waals surface area contributed by atoms with Gasteiger partial charge in [0, 0.05) is 23.9 Å². The third-order valence-corrected chi connectivity index (χ3v) is 10.4. The molecule has 5 rings (SSSR count). The van der Waals surface area contributed by atoms with E-state index in [2.05, 4.69) is 20.1 Å². The first kappa shape index (κ1) is 40.1. The number of nitrogens with zero attached hydrogens (tertiary/aromatic N) is 3. The molecule has 3 aromatic carbocycles. The quantitative estimate of drug-likeness (QED) is 0.0499. The normalized spacial score (nSPS) is 12.9. The Balaban J connectivity index is 1.44. The molecule has 0 saturated carbocycles. The van der Waals surface area contributed by atoms with Crippen molar-refractivity contribution in [2.24, 2.45) is 0 Å². The number of nitrogens with two attached hydrogens (primary N) is 1. The highest BCUT2D eigenvalue weighted by atomic mass is 31.2. The predicted molar refractivity (Wildman–Crippen MR) is 209 cm³/mol. The average Bonchev–Trinajstić information content (AvgIpc) is 3.52. The van der Waals surface area contributed by atoms with E-state index in [4.69, 9.17) is 24.7 Å².